The van der Waals surface area contributed by atoms with Crippen LogP contribution in [0, 0.1) is 5.92 Å². The highest BCUT2D eigenvalue weighted by Crippen LogP contribution is 2.30. The van der Waals surface area contributed by atoms with E-state index in [-0.39, 0.29) is 49.9 Å². The number of hydrogen-bond donors (Lipinski definition) is 1. The van der Waals surface area contributed by atoms with Crippen LogP contribution in [0.5, 0.6) is 0 Å². The number of carbonyl (C=O) groups excluding carboxylic acids is 3. The van der Waals surface area contributed by atoms with Crippen LogP contribution in [0.25, 0.3) is 22.5 Å². The van der Waals surface area contributed by atoms with E-state index in [1.165, 1.54) is 0 Å². The second kappa shape index (κ2) is 28.7. The summed E-state index contributed by atoms with van der Waals surface area (Å²) < 4.78 is 10.7. The Balaban J connectivity index is 1.40. The van der Waals surface area contributed by atoms with Crippen molar-refractivity contribution in [1.82, 2.24) is 25.5 Å². The standard InChI is InChI=1S/C48H63N5O5/c1-5-7-9-10-11-12-13-14-15-16-17-18-19-20-21-22-23-24-30-46(55)57-35-36-58-47(56)37-44(39(3)4)53(45(54)29-8-6-2)38-40-31-33-41(34-32-40)42-27-25-26-28-43(42)48-49-51-52-50-48/h7,9,11-12,14-15,17-18,20-21,23-28,31-34,39,44H,5-6,8,10,13,16,19,22,29-30,35-38H2,1-4H3,(H,49,50,51,52). The SMILES string of the molecule is CCC=CCC=CCC=CCC=CCC=CCC=CCC(=O)OCCOC(=O)CC(C(C)C)N(Cc1ccc(-c2ccccc2-c2nn[nH]n2)cc1)C(=O)CCCC. The van der Waals surface area contributed by atoms with Crippen LogP contribution >= 0.6 is 0 Å². The normalized spacial score (nSPS) is 12.6. The number of H-pyrrole nitrogens is 1. The van der Waals surface area contributed by atoms with Gasteiger partial charge in [0.25, 0.3) is 0 Å². The first-order chi connectivity index (χ1) is 28.3. The first kappa shape index (κ1) is 46.7. The zero-order valence-corrected chi connectivity index (χ0v) is 34.9. The van der Waals surface area contributed by atoms with E-state index in [1.54, 1.807) is 6.08 Å². The molecule has 1 heterocycles. The quantitative estimate of drug-likeness (QED) is 0.0459. The lowest BCUT2D eigenvalue weighted by molar-refractivity contribution is -0.153. The molecule has 0 aliphatic rings. The minimum Gasteiger partial charge on any atom is -0.462 e. The van der Waals surface area contributed by atoms with Gasteiger partial charge in [0.1, 0.15) is 13.2 Å². The Morgan fingerprint density at radius 2 is 1.26 bits per heavy atom. The number of hydrogen-bond acceptors (Lipinski definition) is 8. The predicted molar refractivity (Wildman–Crippen MR) is 233 cm³/mol. The van der Waals surface area contributed by atoms with Crippen LogP contribution in [0.2, 0.25) is 0 Å². The molecule has 0 spiro atoms. The van der Waals surface area contributed by atoms with E-state index in [1.807, 2.05) is 73.4 Å². The van der Waals surface area contributed by atoms with Gasteiger partial charge in [-0.1, -0.05) is 156 Å². The van der Waals surface area contributed by atoms with E-state index in [4.69, 9.17) is 9.47 Å². The van der Waals surface area contributed by atoms with Crippen LogP contribution in [0.4, 0.5) is 0 Å². The summed E-state index contributed by atoms with van der Waals surface area (Å²) >= 11 is 0. The van der Waals surface area contributed by atoms with Crippen molar-refractivity contribution < 1.29 is 23.9 Å². The third-order valence-corrected chi connectivity index (χ3v) is 9.23. The van der Waals surface area contributed by atoms with Gasteiger partial charge in [0.05, 0.1) is 12.8 Å². The first-order valence-corrected chi connectivity index (χ1v) is 20.8. The summed E-state index contributed by atoms with van der Waals surface area (Å²) in [5.74, 6) is -0.304. The van der Waals surface area contributed by atoms with Gasteiger partial charge in [-0.05, 0) is 72.8 Å². The molecule has 58 heavy (non-hydrogen) atoms. The highest BCUT2D eigenvalue weighted by Gasteiger charge is 2.29. The Kier molecular flexibility index (Phi) is 23.1. The lowest BCUT2D eigenvalue weighted by Gasteiger charge is -2.34. The molecule has 1 amide bonds. The van der Waals surface area contributed by atoms with Crippen molar-refractivity contribution in [3.8, 4) is 22.5 Å². The van der Waals surface area contributed by atoms with Crippen molar-refractivity contribution in [2.24, 2.45) is 5.92 Å². The molecule has 0 aliphatic heterocycles. The highest BCUT2D eigenvalue weighted by atomic mass is 16.6. The van der Waals surface area contributed by atoms with Crippen molar-refractivity contribution in [1.29, 1.82) is 0 Å². The second-order valence-corrected chi connectivity index (χ2v) is 14.2. The molecule has 3 aromatic rings. The molecule has 1 N–H and O–H groups in total. The van der Waals surface area contributed by atoms with E-state index in [0.717, 1.165) is 73.6 Å². The van der Waals surface area contributed by atoms with E-state index in [2.05, 4.69) is 95.2 Å². The van der Waals surface area contributed by atoms with Gasteiger partial charge in [0, 0.05) is 24.6 Å². The highest BCUT2D eigenvalue weighted by molar-refractivity contribution is 5.81. The number of ether oxygens (including phenoxy) is 2. The van der Waals surface area contributed by atoms with Crippen molar-refractivity contribution in [2.75, 3.05) is 13.2 Å². The maximum atomic E-state index is 13.6. The molecule has 0 saturated carbocycles. The molecular formula is C48H63N5O5. The van der Waals surface area contributed by atoms with Crippen LogP contribution in [0.3, 0.4) is 0 Å². The fraction of sp³-hybridized carbons (Fsp3) is 0.417. The van der Waals surface area contributed by atoms with Crippen molar-refractivity contribution in [2.45, 2.75) is 111 Å². The van der Waals surface area contributed by atoms with E-state index >= 15 is 0 Å². The first-order valence-electron chi connectivity index (χ1n) is 20.8. The molecule has 0 fully saturated rings. The molecule has 2 aromatic carbocycles. The Hall–Kier alpha value is -5.64. The molecule has 1 atom stereocenters. The summed E-state index contributed by atoms with van der Waals surface area (Å²) in [6.07, 6.45) is 33.1. The van der Waals surface area contributed by atoms with Crippen molar-refractivity contribution in [3.63, 3.8) is 0 Å². The van der Waals surface area contributed by atoms with Crippen molar-refractivity contribution in [3.05, 3.63) is 127 Å². The van der Waals surface area contributed by atoms with Gasteiger partial charge < -0.3 is 14.4 Å². The third kappa shape index (κ3) is 18.5. The van der Waals surface area contributed by atoms with Crippen LogP contribution in [0.1, 0.15) is 104 Å². The van der Waals surface area contributed by atoms with Gasteiger partial charge in [0.2, 0.25) is 11.7 Å². The number of nitrogens with one attached hydrogen (secondary N) is 1. The van der Waals surface area contributed by atoms with Crippen molar-refractivity contribution >= 4 is 17.8 Å². The average molecular weight is 790 g/mol. The average Bonchev–Trinajstić information content (AvgIpc) is 3.78. The molecule has 3 rings (SSSR count). The number of aromatic nitrogens is 4. The van der Waals surface area contributed by atoms with Gasteiger partial charge >= 0.3 is 11.9 Å². The third-order valence-electron chi connectivity index (χ3n) is 9.23. The summed E-state index contributed by atoms with van der Waals surface area (Å²) in [6, 6.07) is 15.5. The zero-order valence-electron chi connectivity index (χ0n) is 34.9. The summed E-state index contributed by atoms with van der Waals surface area (Å²) in [5, 5.41) is 14.5. The summed E-state index contributed by atoms with van der Waals surface area (Å²) in [5.41, 5.74) is 3.76. The maximum Gasteiger partial charge on any atom is 0.309 e. The Labute approximate surface area is 345 Å². The molecule has 0 bridgehead atoms. The minimum atomic E-state index is -0.437. The van der Waals surface area contributed by atoms with Gasteiger partial charge in [0.15, 0.2) is 0 Å². The molecule has 0 saturated heterocycles. The number of allylic oxidation sites excluding steroid dienone is 11. The smallest absolute Gasteiger partial charge is 0.309 e. The monoisotopic (exact) mass is 789 g/mol. The topological polar surface area (TPSA) is 127 Å². The predicted octanol–water partition coefficient (Wildman–Crippen LogP) is 10.6. The van der Waals surface area contributed by atoms with Gasteiger partial charge in [-0.3, -0.25) is 14.4 Å². The minimum absolute atomic E-state index is 0.00143. The van der Waals surface area contributed by atoms with Gasteiger partial charge in [-0.15, -0.1) is 10.2 Å². The second-order valence-electron chi connectivity index (χ2n) is 14.2. The number of benzene rings is 2. The molecule has 1 unspecified atom stereocenters. The lowest BCUT2D eigenvalue weighted by Crippen LogP contribution is -2.44. The molecule has 0 radical (unpaired) electrons. The van der Waals surface area contributed by atoms with E-state index in [9.17, 15) is 14.4 Å². The van der Waals surface area contributed by atoms with Gasteiger partial charge in [-0.25, -0.2) is 0 Å². The number of unbranched alkanes of at least 4 members (excludes halogenated alkanes) is 1. The molecular weight excluding hydrogens is 727 g/mol. The largest absolute Gasteiger partial charge is 0.462 e. The molecule has 10 nitrogen and oxygen atoms in total. The zero-order chi connectivity index (χ0) is 41.6. The fourth-order valence-electron chi connectivity index (χ4n) is 6.06. The van der Waals surface area contributed by atoms with E-state index in [0.29, 0.717) is 18.8 Å². The number of rotatable bonds is 27. The number of carbonyl (C=O) groups is 3. The number of esters is 2. The molecule has 310 valence electrons. The van der Waals surface area contributed by atoms with Gasteiger partial charge in [-0.2, -0.15) is 5.21 Å². The van der Waals surface area contributed by atoms with Crippen LogP contribution in [-0.2, 0) is 30.4 Å². The summed E-state index contributed by atoms with van der Waals surface area (Å²) in [7, 11) is 0. The lowest BCUT2D eigenvalue weighted by atomic mass is 9.96. The molecule has 0 aliphatic carbocycles. The fourth-order valence-corrected chi connectivity index (χ4v) is 6.06. The maximum absolute atomic E-state index is 13.6. The molecule has 1 aromatic heterocycles. The number of aromatic amines is 1. The number of amides is 1. The Morgan fingerprint density at radius 3 is 1.79 bits per heavy atom. The Bertz CT molecular complexity index is 1810. The summed E-state index contributed by atoms with van der Waals surface area (Å²) in [4.78, 5) is 40.6. The van der Waals surface area contributed by atoms with E-state index < -0.39 is 5.97 Å². The Morgan fingerprint density at radius 1 is 0.707 bits per heavy atom. The van der Waals surface area contributed by atoms with Crippen LogP contribution in [0.15, 0.2) is 121 Å². The molecule has 10 heteroatoms. The summed E-state index contributed by atoms with van der Waals surface area (Å²) in [6.45, 7) is 8.49. The van der Waals surface area contributed by atoms with Crippen LogP contribution < -0.4 is 0 Å². The number of nitrogens with zero attached hydrogens (tertiary/aromatic N) is 4. The number of tetrazole rings is 1. The van der Waals surface area contributed by atoms with Crippen LogP contribution in [-0.4, -0.2) is 62.6 Å².